The molecule has 0 spiro atoms. The van der Waals surface area contributed by atoms with E-state index in [-0.39, 0.29) is 5.91 Å². The largest absolute Gasteiger partial charge is 0.493 e. The van der Waals surface area contributed by atoms with Crippen LogP contribution in [0.15, 0.2) is 30.5 Å². The number of hydrogen-bond donors (Lipinski definition) is 1. The smallest absolute Gasteiger partial charge is 0.270 e. The molecule has 0 unspecified atom stereocenters. The molecular formula is C22H27N3O3. The zero-order chi connectivity index (χ0) is 19.5. The highest BCUT2D eigenvalue weighted by molar-refractivity contribution is 5.93. The summed E-state index contributed by atoms with van der Waals surface area (Å²) in [7, 11) is 3.32. The molecule has 6 heteroatoms. The molecule has 148 valence electrons. The quantitative estimate of drug-likeness (QED) is 0.861. The number of methoxy groups -OCH3 is 2. The van der Waals surface area contributed by atoms with E-state index in [0.717, 1.165) is 49.5 Å². The van der Waals surface area contributed by atoms with E-state index < -0.39 is 0 Å². The molecule has 1 amide bonds. The molecule has 1 aliphatic carbocycles. The molecule has 0 saturated heterocycles. The molecule has 2 heterocycles. The van der Waals surface area contributed by atoms with Gasteiger partial charge in [-0.3, -0.25) is 9.78 Å². The molecule has 1 aromatic carbocycles. The first kappa shape index (κ1) is 18.6. The van der Waals surface area contributed by atoms with Gasteiger partial charge in [0, 0.05) is 31.0 Å². The zero-order valence-corrected chi connectivity index (χ0v) is 16.5. The molecule has 0 bridgehead atoms. The second-order valence-electron chi connectivity index (χ2n) is 7.50. The normalized spacial score (nSPS) is 16.6. The molecule has 2 aliphatic rings. The Morgan fingerprint density at radius 1 is 1.11 bits per heavy atom. The highest BCUT2D eigenvalue weighted by Gasteiger charge is 2.22. The van der Waals surface area contributed by atoms with Crippen molar-refractivity contribution in [1.82, 2.24) is 10.3 Å². The van der Waals surface area contributed by atoms with Crippen molar-refractivity contribution in [3.8, 4) is 11.5 Å². The van der Waals surface area contributed by atoms with E-state index in [1.807, 2.05) is 12.1 Å². The maximum absolute atomic E-state index is 12.6. The number of pyridine rings is 1. The Kier molecular flexibility index (Phi) is 5.37. The summed E-state index contributed by atoms with van der Waals surface area (Å²) in [4.78, 5) is 19.1. The lowest BCUT2D eigenvalue weighted by atomic mass is 9.98. The molecule has 0 radical (unpaired) electrons. The van der Waals surface area contributed by atoms with Crippen molar-refractivity contribution in [3.05, 3.63) is 47.3 Å². The molecule has 0 atom stereocenters. The third-order valence-electron chi connectivity index (χ3n) is 5.75. The first-order valence-corrected chi connectivity index (χ1v) is 9.93. The van der Waals surface area contributed by atoms with Gasteiger partial charge in [-0.2, -0.15) is 0 Å². The second-order valence-corrected chi connectivity index (χ2v) is 7.50. The summed E-state index contributed by atoms with van der Waals surface area (Å²) in [5.41, 5.74) is 4.01. The van der Waals surface area contributed by atoms with Gasteiger partial charge in [-0.05, 0) is 54.7 Å². The molecule has 6 nitrogen and oxygen atoms in total. The van der Waals surface area contributed by atoms with Crippen molar-refractivity contribution in [3.63, 3.8) is 0 Å². The van der Waals surface area contributed by atoms with Crippen LogP contribution in [0, 0.1) is 0 Å². The molecule has 4 rings (SSSR count). The van der Waals surface area contributed by atoms with E-state index in [4.69, 9.17) is 9.47 Å². The fraction of sp³-hybridized carbons (Fsp3) is 0.455. The van der Waals surface area contributed by atoms with E-state index in [2.05, 4.69) is 27.3 Å². The Balaban J connectivity index is 1.51. The maximum Gasteiger partial charge on any atom is 0.270 e. The summed E-state index contributed by atoms with van der Waals surface area (Å²) in [6.45, 7) is 1.65. The number of ether oxygens (including phenoxy) is 2. The topological polar surface area (TPSA) is 63.7 Å². The van der Waals surface area contributed by atoms with Gasteiger partial charge in [0.1, 0.15) is 5.69 Å². The van der Waals surface area contributed by atoms with Gasteiger partial charge in [-0.25, -0.2) is 0 Å². The van der Waals surface area contributed by atoms with Crippen LogP contribution < -0.4 is 19.7 Å². The van der Waals surface area contributed by atoms with Crippen LogP contribution in [0.5, 0.6) is 11.5 Å². The minimum absolute atomic E-state index is 0.0717. The number of fused-ring (bicyclic) bond motifs is 1. The number of anilines is 1. The molecule has 1 aromatic heterocycles. The van der Waals surface area contributed by atoms with E-state index in [1.54, 1.807) is 20.4 Å². The van der Waals surface area contributed by atoms with Gasteiger partial charge < -0.3 is 19.7 Å². The summed E-state index contributed by atoms with van der Waals surface area (Å²) in [6, 6.07) is 8.28. The van der Waals surface area contributed by atoms with Crippen LogP contribution >= 0.6 is 0 Å². The summed E-state index contributed by atoms with van der Waals surface area (Å²) in [5, 5.41) is 3.12. The lowest BCUT2D eigenvalue weighted by Crippen LogP contribution is -2.34. The monoisotopic (exact) mass is 381 g/mol. The van der Waals surface area contributed by atoms with Crippen molar-refractivity contribution in [2.75, 3.05) is 25.7 Å². The number of nitrogens with one attached hydrogen (secondary N) is 1. The maximum atomic E-state index is 12.6. The van der Waals surface area contributed by atoms with Crippen LogP contribution in [-0.4, -0.2) is 37.7 Å². The van der Waals surface area contributed by atoms with Crippen LogP contribution in [-0.2, 0) is 13.0 Å². The Hall–Kier alpha value is -2.76. The van der Waals surface area contributed by atoms with E-state index in [9.17, 15) is 4.79 Å². The fourth-order valence-corrected chi connectivity index (χ4v) is 4.17. The minimum Gasteiger partial charge on any atom is -0.493 e. The molecule has 2 aromatic rings. The summed E-state index contributed by atoms with van der Waals surface area (Å²) < 4.78 is 10.9. The number of hydrogen-bond acceptors (Lipinski definition) is 5. The highest BCUT2D eigenvalue weighted by atomic mass is 16.5. The number of carbonyl (C=O) groups excluding carboxylic acids is 1. The van der Waals surface area contributed by atoms with Crippen LogP contribution in [0.4, 0.5) is 5.69 Å². The lowest BCUT2D eigenvalue weighted by Gasteiger charge is -2.31. The average Bonchev–Trinajstić information content (AvgIpc) is 3.25. The van der Waals surface area contributed by atoms with Crippen molar-refractivity contribution < 1.29 is 14.3 Å². The molecular weight excluding hydrogens is 354 g/mol. The summed E-state index contributed by atoms with van der Waals surface area (Å²) in [6.07, 6.45) is 7.17. The molecule has 1 aliphatic heterocycles. The third kappa shape index (κ3) is 3.77. The lowest BCUT2D eigenvalue weighted by molar-refractivity contribution is 0.0933. The number of carbonyl (C=O) groups is 1. The Morgan fingerprint density at radius 3 is 2.54 bits per heavy atom. The van der Waals surface area contributed by atoms with Crippen molar-refractivity contribution in [2.45, 2.75) is 44.7 Å². The first-order valence-electron chi connectivity index (χ1n) is 9.93. The molecule has 1 N–H and O–H groups in total. The number of aromatic nitrogens is 1. The van der Waals surface area contributed by atoms with Gasteiger partial charge in [0.2, 0.25) is 0 Å². The van der Waals surface area contributed by atoms with Crippen molar-refractivity contribution in [2.24, 2.45) is 0 Å². The van der Waals surface area contributed by atoms with Crippen LogP contribution in [0.3, 0.4) is 0 Å². The van der Waals surface area contributed by atoms with Gasteiger partial charge in [0.25, 0.3) is 5.91 Å². The van der Waals surface area contributed by atoms with Crippen molar-refractivity contribution >= 4 is 11.6 Å². The van der Waals surface area contributed by atoms with Gasteiger partial charge in [-0.15, -0.1) is 0 Å². The summed E-state index contributed by atoms with van der Waals surface area (Å²) >= 11 is 0. The predicted molar refractivity (Wildman–Crippen MR) is 108 cm³/mol. The SMILES string of the molecule is COc1cc2c(cc1OC)CN(c1ccnc(C(=O)NC3CCCC3)c1)CC2. The Labute approximate surface area is 165 Å². The zero-order valence-electron chi connectivity index (χ0n) is 16.5. The second kappa shape index (κ2) is 8.09. The van der Waals surface area contributed by atoms with Crippen LogP contribution in [0.1, 0.15) is 47.3 Å². The van der Waals surface area contributed by atoms with Gasteiger partial charge in [-0.1, -0.05) is 12.8 Å². The number of benzene rings is 1. The van der Waals surface area contributed by atoms with Crippen LogP contribution in [0.2, 0.25) is 0 Å². The van der Waals surface area contributed by atoms with E-state index in [1.165, 1.54) is 24.0 Å². The Morgan fingerprint density at radius 2 is 1.82 bits per heavy atom. The fourth-order valence-electron chi connectivity index (χ4n) is 4.17. The molecule has 28 heavy (non-hydrogen) atoms. The third-order valence-corrected chi connectivity index (χ3v) is 5.75. The van der Waals surface area contributed by atoms with Gasteiger partial charge in [0.15, 0.2) is 11.5 Å². The van der Waals surface area contributed by atoms with Crippen LogP contribution in [0.25, 0.3) is 0 Å². The molecule has 1 saturated carbocycles. The number of amides is 1. The predicted octanol–water partition coefficient (Wildman–Crippen LogP) is 3.33. The van der Waals surface area contributed by atoms with E-state index in [0.29, 0.717) is 11.7 Å². The highest BCUT2D eigenvalue weighted by Crippen LogP contribution is 2.34. The summed E-state index contributed by atoms with van der Waals surface area (Å²) in [5.74, 6) is 1.44. The van der Waals surface area contributed by atoms with Gasteiger partial charge >= 0.3 is 0 Å². The standard InChI is InChI=1S/C22H27N3O3/c1-27-20-11-15-8-10-25(14-16(15)12-21(20)28-2)18-7-9-23-19(13-18)22(26)24-17-5-3-4-6-17/h7,9,11-13,17H,3-6,8,10,14H2,1-2H3,(H,24,26). The first-order chi connectivity index (χ1) is 13.7. The Bertz CT molecular complexity index is 862. The average molecular weight is 381 g/mol. The molecule has 1 fully saturated rings. The van der Waals surface area contributed by atoms with Gasteiger partial charge in [0.05, 0.1) is 14.2 Å². The number of nitrogens with zero attached hydrogens (tertiary/aromatic N) is 2. The van der Waals surface area contributed by atoms with E-state index >= 15 is 0 Å². The minimum atomic E-state index is -0.0717. The van der Waals surface area contributed by atoms with Crippen molar-refractivity contribution in [1.29, 1.82) is 0 Å². The number of rotatable bonds is 5.